The van der Waals surface area contributed by atoms with Gasteiger partial charge >= 0.3 is 0 Å². The molecule has 1 aliphatic heterocycles. The first kappa shape index (κ1) is 41.1. The lowest BCUT2D eigenvalue weighted by Gasteiger charge is -2.26. The largest absolute Gasteiger partial charge is 0.346 e. The summed E-state index contributed by atoms with van der Waals surface area (Å²) in [6.07, 6.45) is -0.483. The highest BCUT2D eigenvalue weighted by Crippen LogP contribution is 2.07. The summed E-state index contributed by atoms with van der Waals surface area (Å²) in [7, 11) is 0. The molecule has 0 radical (unpaired) electrons. The number of rotatable bonds is 12. The van der Waals surface area contributed by atoms with Crippen molar-refractivity contribution >= 4 is 53.2 Å². The second-order valence-electron chi connectivity index (χ2n) is 10.9. The first-order valence-electron chi connectivity index (χ1n) is 15.1. The molecule has 0 saturated carbocycles. The summed E-state index contributed by atoms with van der Waals surface area (Å²) in [5.41, 5.74) is 0. The van der Waals surface area contributed by atoms with Crippen molar-refractivity contribution in [2.24, 2.45) is 0 Å². The van der Waals surface area contributed by atoms with Gasteiger partial charge in [-0.15, -0.1) is 0 Å². The number of nitrogens with one attached hydrogen (secondary N) is 6. The Balaban J connectivity index is 3.36. The third kappa shape index (κ3) is 16.1. The molecule has 1 saturated heterocycles. The van der Waals surface area contributed by atoms with Gasteiger partial charge in [-0.3, -0.25) is 58.8 Å². The molecular formula is C27H45N9O12. The molecule has 0 aromatic carbocycles. The van der Waals surface area contributed by atoms with E-state index >= 15 is 0 Å². The topological polar surface area (TPSA) is 296 Å². The SMILES string of the molecule is CC(=O)N(O)CCC[C@@H]1NC(=O)CNC(=O)CNC(=O)CNC(=O)[C@H](CCCN(O)C(C)=O)NC(=O)[C@H](CCCN(O)C(C)=O)NC1=O. The molecular weight excluding hydrogens is 642 g/mol. The zero-order chi connectivity index (χ0) is 36.4. The van der Waals surface area contributed by atoms with Crippen LogP contribution in [0.25, 0.3) is 0 Å². The molecule has 1 rings (SSSR count). The fourth-order valence-corrected chi connectivity index (χ4v) is 4.18. The molecule has 0 bridgehead atoms. The van der Waals surface area contributed by atoms with E-state index in [9.17, 15) is 58.8 Å². The van der Waals surface area contributed by atoms with Gasteiger partial charge in [-0.05, 0) is 38.5 Å². The van der Waals surface area contributed by atoms with E-state index in [0.29, 0.717) is 15.2 Å². The van der Waals surface area contributed by atoms with Gasteiger partial charge in [-0.2, -0.15) is 0 Å². The minimum atomic E-state index is -1.41. The summed E-state index contributed by atoms with van der Waals surface area (Å²) >= 11 is 0. The standard InChI is InChI=1S/C27H45N9O12/c1-16(37)34(46)10-4-7-19-25(43)30-14-23(41)28-13-22(40)29-15-24(42)31-20(8-5-11-35(47)17(2)38)26(44)33-21(27(45)32-19)9-6-12-36(48)18(3)39/h19-21,46-48H,4-15H2,1-3H3,(H,28,41)(H,29,40)(H,30,43)(H,31,42)(H,32,45)(H,33,44)/t19-,20-,21-/m0/s1. The van der Waals surface area contributed by atoms with Gasteiger partial charge < -0.3 is 31.9 Å². The Labute approximate surface area is 275 Å². The lowest BCUT2D eigenvalue weighted by Crippen LogP contribution is -2.58. The molecule has 3 atom stereocenters. The maximum Gasteiger partial charge on any atom is 0.243 e. The van der Waals surface area contributed by atoms with E-state index in [0.717, 1.165) is 20.8 Å². The summed E-state index contributed by atoms with van der Waals surface area (Å²) in [6, 6.07) is -4.11. The number of hydrogen-bond acceptors (Lipinski definition) is 12. The molecule has 21 heteroatoms. The van der Waals surface area contributed by atoms with E-state index in [1.165, 1.54) is 0 Å². The molecule has 1 heterocycles. The fraction of sp³-hybridized carbons (Fsp3) is 0.667. The monoisotopic (exact) mass is 687 g/mol. The van der Waals surface area contributed by atoms with Gasteiger partial charge in [0.1, 0.15) is 18.1 Å². The second-order valence-corrected chi connectivity index (χ2v) is 10.9. The van der Waals surface area contributed by atoms with Gasteiger partial charge in [0.2, 0.25) is 53.2 Å². The van der Waals surface area contributed by atoms with Gasteiger partial charge in [0.25, 0.3) is 0 Å². The van der Waals surface area contributed by atoms with E-state index in [2.05, 4.69) is 31.9 Å². The van der Waals surface area contributed by atoms with Crippen molar-refractivity contribution in [2.75, 3.05) is 39.3 Å². The smallest absolute Gasteiger partial charge is 0.243 e. The Morgan fingerprint density at radius 2 is 0.833 bits per heavy atom. The number of amides is 9. The van der Waals surface area contributed by atoms with Gasteiger partial charge in [-0.25, -0.2) is 15.2 Å². The quantitative estimate of drug-likeness (QED) is 0.0698. The maximum atomic E-state index is 13.5. The van der Waals surface area contributed by atoms with Crippen molar-refractivity contribution in [1.29, 1.82) is 0 Å². The minimum absolute atomic E-state index is 0.00612. The van der Waals surface area contributed by atoms with Crippen LogP contribution in [-0.4, -0.2) is 141 Å². The Morgan fingerprint density at radius 1 is 0.521 bits per heavy atom. The lowest BCUT2D eigenvalue weighted by atomic mass is 10.1. The van der Waals surface area contributed by atoms with E-state index in [1.807, 2.05) is 0 Å². The van der Waals surface area contributed by atoms with Gasteiger partial charge in [-0.1, -0.05) is 0 Å². The number of nitrogens with zero attached hydrogens (tertiary/aromatic N) is 3. The fourth-order valence-electron chi connectivity index (χ4n) is 4.18. The lowest BCUT2D eigenvalue weighted by molar-refractivity contribution is -0.163. The number of carbonyl (C=O) groups excluding carboxylic acids is 9. The van der Waals surface area contributed by atoms with Crippen LogP contribution in [0, 0.1) is 0 Å². The van der Waals surface area contributed by atoms with Crippen molar-refractivity contribution in [2.45, 2.75) is 77.4 Å². The van der Waals surface area contributed by atoms with E-state index in [4.69, 9.17) is 0 Å². The summed E-state index contributed by atoms with van der Waals surface area (Å²) in [5, 5.41) is 44.5. The molecule has 0 aromatic heterocycles. The molecule has 0 aliphatic carbocycles. The van der Waals surface area contributed by atoms with E-state index in [-0.39, 0.29) is 58.2 Å². The van der Waals surface area contributed by atoms with Gasteiger partial charge in [0.05, 0.1) is 19.6 Å². The zero-order valence-electron chi connectivity index (χ0n) is 27.1. The van der Waals surface area contributed by atoms with E-state index in [1.54, 1.807) is 0 Å². The third-order valence-corrected chi connectivity index (χ3v) is 6.91. The van der Waals surface area contributed by atoms with Crippen molar-refractivity contribution in [3.05, 3.63) is 0 Å². The van der Waals surface area contributed by atoms with Crippen LogP contribution in [0.2, 0.25) is 0 Å². The normalized spacial score (nSPS) is 20.0. The predicted molar refractivity (Wildman–Crippen MR) is 160 cm³/mol. The van der Waals surface area contributed by atoms with Crippen LogP contribution in [0.4, 0.5) is 0 Å². The van der Waals surface area contributed by atoms with Crippen LogP contribution in [0.3, 0.4) is 0 Å². The number of carbonyl (C=O) groups is 9. The van der Waals surface area contributed by atoms with Crippen molar-refractivity contribution < 1.29 is 58.8 Å². The molecule has 1 aliphatic rings. The molecule has 0 spiro atoms. The average molecular weight is 688 g/mol. The van der Waals surface area contributed by atoms with Crippen LogP contribution in [0.1, 0.15) is 59.3 Å². The molecule has 48 heavy (non-hydrogen) atoms. The summed E-state index contributed by atoms with van der Waals surface area (Å²) in [4.78, 5) is 111. The first-order valence-corrected chi connectivity index (χ1v) is 15.1. The van der Waals surface area contributed by atoms with Crippen LogP contribution in [-0.2, 0) is 43.2 Å². The minimum Gasteiger partial charge on any atom is -0.346 e. The molecule has 9 N–H and O–H groups in total. The Kier molecular flexibility index (Phi) is 18.1. The highest BCUT2D eigenvalue weighted by atomic mass is 16.5. The van der Waals surface area contributed by atoms with Crippen LogP contribution < -0.4 is 31.9 Å². The van der Waals surface area contributed by atoms with Crippen molar-refractivity contribution in [1.82, 2.24) is 47.1 Å². The van der Waals surface area contributed by atoms with Gasteiger partial charge in [0, 0.05) is 40.4 Å². The molecule has 21 nitrogen and oxygen atoms in total. The molecule has 9 amide bonds. The maximum absolute atomic E-state index is 13.5. The number of hydroxylamine groups is 6. The van der Waals surface area contributed by atoms with E-state index < -0.39 is 90.9 Å². The Morgan fingerprint density at radius 3 is 1.21 bits per heavy atom. The van der Waals surface area contributed by atoms with Crippen LogP contribution in [0.5, 0.6) is 0 Å². The third-order valence-electron chi connectivity index (χ3n) is 6.91. The van der Waals surface area contributed by atoms with Crippen LogP contribution in [0.15, 0.2) is 0 Å². The van der Waals surface area contributed by atoms with Crippen LogP contribution >= 0.6 is 0 Å². The second kappa shape index (κ2) is 21.1. The summed E-state index contributed by atoms with van der Waals surface area (Å²) in [5.74, 6) is -7.02. The predicted octanol–water partition coefficient (Wildman–Crippen LogP) is -4.14. The molecule has 1 fully saturated rings. The van der Waals surface area contributed by atoms with Gasteiger partial charge in [0.15, 0.2) is 0 Å². The first-order chi connectivity index (χ1) is 22.5. The molecule has 0 unspecified atom stereocenters. The van der Waals surface area contributed by atoms with Crippen molar-refractivity contribution in [3.63, 3.8) is 0 Å². The zero-order valence-corrected chi connectivity index (χ0v) is 27.1. The van der Waals surface area contributed by atoms with Crippen molar-refractivity contribution in [3.8, 4) is 0 Å². The highest BCUT2D eigenvalue weighted by molar-refractivity contribution is 5.96. The Bertz CT molecular complexity index is 1180. The average Bonchev–Trinajstić information content (AvgIpc) is 3.02. The number of hydrogen-bond donors (Lipinski definition) is 9. The molecule has 0 aromatic rings. The molecule has 270 valence electrons. The Hall–Kier alpha value is -4.89. The highest BCUT2D eigenvalue weighted by Gasteiger charge is 2.30. The summed E-state index contributed by atoms with van der Waals surface area (Å²) in [6.45, 7) is 0.894. The summed E-state index contributed by atoms with van der Waals surface area (Å²) < 4.78 is 0.